The van der Waals surface area contributed by atoms with Crippen molar-refractivity contribution in [1.82, 2.24) is 14.5 Å². The number of rotatable bonds is 1. The molecule has 0 aromatic carbocycles. The first-order valence-corrected chi connectivity index (χ1v) is 4.64. The molecular formula is C9H8ClN3O. The molecule has 0 radical (unpaired) electrons. The summed E-state index contributed by atoms with van der Waals surface area (Å²) in [7, 11) is 1.65. The lowest BCUT2D eigenvalue weighted by Gasteiger charge is -2.04. The molecule has 0 spiro atoms. The lowest BCUT2D eigenvalue weighted by Crippen LogP contribution is -2.21. The maximum Gasteiger partial charge on any atom is 0.262 e. The van der Waals surface area contributed by atoms with Crippen LogP contribution in [0.25, 0.3) is 11.0 Å². The number of alkyl halides is 1. The molecule has 0 saturated heterocycles. The zero-order chi connectivity index (χ0) is 10.1. The van der Waals surface area contributed by atoms with Crippen molar-refractivity contribution >= 4 is 22.6 Å². The molecule has 0 aliphatic carbocycles. The zero-order valence-corrected chi connectivity index (χ0v) is 8.32. The third-order valence-electron chi connectivity index (χ3n) is 2.06. The first kappa shape index (κ1) is 9.15. The van der Waals surface area contributed by atoms with E-state index in [-0.39, 0.29) is 11.4 Å². The Labute approximate surface area is 85.2 Å². The standard InChI is InChI=1S/C9H8ClN3O/c1-13-7(5-10)12-8-6(9(13)14)3-2-4-11-8/h2-4H,5H2,1H3. The Morgan fingerprint density at radius 3 is 3.07 bits per heavy atom. The highest BCUT2D eigenvalue weighted by molar-refractivity contribution is 6.16. The van der Waals surface area contributed by atoms with E-state index in [1.807, 2.05) is 0 Å². The van der Waals surface area contributed by atoms with Crippen molar-refractivity contribution in [2.24, 2.45) is 7.05 Å². The molecule has 0 aliphatic rings. The fourth-order valence-electron chi connectivity index (χ4n) is 1.27. The number of nitrogens with zero attached hydrogens (tertiary/aromatic N) is 3. The van der Waals surface area contributed by atoms with Crippen LogP contribution >= 0.6 is 11.6 Å². The monoisotopic (exact) mass is 209 g/mol. The minimum absolute atomic E-state index is 0.112. The quantitative estimate of drug-likeness (QED) is 0.660. The van der Waals surface area contributed by atoms with Crippen molar-refractivity contribution in [2.45, 2.75) is 5.88 Å². The maximum absolute atomic E-state index is 11.7. The van der Waals surface area contributed by atoms with Gasteiger partial charge in [-0.1, -0.05) is 0 Å². The van der Waals surface area contributed by atoms with Gasteiger partial charge in [-0.05, 0) is 12.1 Å². The molecule has 0 fully saturated rings. The van der Waals surface area contributed by atoms with Crippen molar-refractivity contribution in [1.29, 1.82) is 0 Å². The second kappa shape index (κ2) is 3.38. The summed E-state index contributed by atoms with van der Waals surface area (Å²) in [4.78, 5) is 19.9. The number of hydrogen-bond acceptors (Lipinski definition) is 3. The van der Waals surface area contributed by atoms with Crippen molar-refractivity contribution in [2.75, 3.05) is 0 Å². The molecular weight excluding hydrogens is 202 g/mol. The van der Waals surface area contributed by atoms with Crippen LogP contribution in [0.2, 0.25) is 0 Å². The van der Waals surface area contributed by atoms with Crippen LogP contribution in [-0.4, -0.2) is 14.5 Å². The lowest BCUT2D eigenvalue weighted by atomic mass is 10.3. The minimum Gasteiger partial charge on any atom is -0.298 e. The molecule has 0 saturated carbocycles. The number of fused-ring (bicyclic) bond motifs is 1. The minimum atomic E-state index is -0.112. The average Bonchev–Trinajstić information content (AvgIpc) is 2.23. The van der Waals surface area contributed by atoms with E-state index in [9.17, 15) is 4.79 Å². The maximum atomic E-state index is 11.7. The molecule has 0 N–H and O–H groups in total. The summed E-state index contributed by atoms with van der Waals surface area (Å²) in [6.07, 6.45) is 1.60. The van der Waals surface area contributed by atoms with Gasteiger partial charge in [0, 0.05) is 13.2 Å². The highest BCUT2D eigenvalue weighted by atomic mass is 35.5. The van der Waals surface area contributed by atoms with Gasteiger partial charge in [0.05, 0.1) is 11.3 Å². The Morgan fingerprint density at radius 2 is 2.36 bits per heavy atom. The van der Waals surface area contributed by atoms with Crippen molar-refractivity contribution < 1.29 is 0 Å². The smallest absolute Gasteiger partial charge is 0.262 e. The van der Waals surface area contributed by atoms with Crippen LogP contribution in [0.5, 0.6) is 0 Å². The van der Waals surface area contributed by atoms with Crippen LogP contribution in [0.4, 0.5) is 0 Å². The van der Waals surface area contributed by atoms with Crippen molar-refractivity contribution in [3.05, 3.63) is 34.5 Å². The first-order chi connectivity index (χ1) is 6.74. The van der Waals surface area contributed by atoms with Gasteiger partial charge in [-0.15, -0.1) is 11.6 Å². The van der Waals surface area contributed by atoms with Gasteiger partial charge in [0.25, 0.3) is 5.56 Å². The topological polar surface area (TPSA) is 47.8 Å². The van der Waals surface area contributed by atoms with Crippen LogP contribution in [0.3, 0.4) is 0 Å². The van der Waals surface area contributed by atoms with Gasteiger partial charge < -0.3 is 0 Å². The van der Waals surface area contributed by atoms with E-state index in [0.29, 0.717) is 16.9 Å². The third-order valence-corrected chi connectivity index (χ3v) is 2.30. The number of pyridine rings is 1. The summed E-state index contributed by atoms with van der Waals surface area (Å²) in [6.45, 7) is 0. The fourth-order valence-corrected chi connectivity index (χ4v) is 1.51. The molecule has 0 amide bonds. The predicted octanol–water partition coefficient (Wildman–Crippen LogP) is 1.07. The van der Waals surface area contributed by atoms with Crippen LogP contribution < -0.4 is 5.56 Å². The van der Waals surface area contributed by atoms with Crippen LogP contribution in [0, 0.1) is 0 Å². The third kappa shape index (κ3) is 1.28. The van der Waals surface area contributed by atoms with Crippen molar-refractivity contribution in [3.63, 3.8) is 0 Å². The predicted molar refractivity (Wildman–Crippen MR) is 54.3 cm³/mol. The Morgan fingerprint density at radius 1 is 1.57 bits per heavy atom. The molecule has 0 unspecified atom stereocenters. The van der Waals surface area contributed by atoms with Gasteiger partial charge in [-0.3, -0.25) is 9.36 Å². The number of hydrogen-bond donors (Lipinski definition) is 0. The molecule has 2 heterocycles. The van der Waals surface area contributed by atoms with Crippen LogP contribution in [0.15, 0.2) is 23.1 Å². The van der Waals surface area contributed by atoms with E-state index in [2.05, 4.69) is 9.97 Å². The summed E-state index contributed by atoms with van der Waals surface area (Å²) < 4.78 is 1.44. The van der Waals surface area contributed by atoms with Crippen LogP contribution in [0.1, 0.15) is 5.82 Å². The van der Waals surface area contributed by atoms with Crippen LogP contribution in [-0.2, 0) is 12.9 Å². The zero-order valence-electron chi connectivity index (χ0n) is 7.57. The molecule has 14 heavy (non-hydrogen) atoms. The summed E-state index contributed by atoms with van der Waals surface area (Å²) in [5.74, 6) is 0.737. The molecule has 2 rings (SSSR count). The molecule has 5 heteroatoms. The van der Waals surface area contributed by atoms with E-state index in [4.69, 9.17) is 11.6 Å². The SMILES string of the molecule is Cn1c(CCl)nc2ncccc2c1=O. The van der Waals surface area contributed by atoms with E-state index in [0.717, 1.165) is 0 Å². The van der Waals surface area contributed by atoms with Crippen molar-refractivity contribution in [3.8, 4) is 0 Å². The molecule has 4 nitrogen and oxygen atoms in total. The number of halogens is 1. The van der Waals surface area contributed by atoms with Gasteiger partial charge in [0.15, 0.2) is 5.65 Å². The first-order valence-electron chi connectivity index (χ1n) is 4.10. The average molecular weight is 210 g/mol. The Balaban J connectivity index is 2.92. The van der Waals surface area contributed by atoms with E-state index in [1.54, 1.807) is 25.4 Å². The van der Waals surface area contributed by atoms with E-state index < -0.39 is 0 Å². The second-order valence-electron chi connectivity index (χ2n) is 2.90. The molecule has 2 aromatic rings. The van der Waals surface area contributed by atoms with Gasteiger partial charge >= 0.3 is 0 Å². The highest BCUT2D eigenvalue weighted by Gasteiger charge is 2.06. The Hall–Kier alpha value is -1.42. The molecule has 0 aliphatic heterocycles. The molecule has 0 bridgehead atoms. The summed E-state index contributed by atoms with van der Waals surface area (Å²) in [5.41, 5.74) is 0.338. The summed E-state index contributed by atoms with van der Waals surface area (Å²) in [6, 6.07) is 3.42. The lowest BCUT2D eigenvalue weighted by molar-refractivity contribution is 0.780. The number of aromatic nitrogens is 3. The molecule has 2 aromatic heterocycles. The summed E-state index contributed by atoms with van der Waals surface area (Å²) in [5, 5.41) is 0.517. The summed E-state index contributed by atoms with van der Waals surface area (Å²) >= 11 is 5.65. The van der Waals surface area contributed by atoms with Gasteiger partial charge in [0.1, 0.15) is 5.82 Å². The van der Waals surface area contributed by atoms with Gasteiger partial charge in [-0.2, -0.15) is 0 Å². The molecule has 0 atom stereocenters. The Bertz CT molecular complexity index is 535. The molecule has 72 valence electrons. The fraction of sp³-hybridized carbons (Fsp3) is 0.222. The highest BCUT2D eigenvalue weighted by Crippen LogP contribution is 2.05. The second-order valence-corrected chi connectivity index (χ2v) is 3.17. The normalized spacial score (nSPS) is 10.7. The van der Waals surface area contributed by atoms with Gasteiger partial charge in [-0.25, -0.2) is 9.97 Å². The van der Waals surface area contributed by atoms with Gasteiger partial charge in [0.2, 0.25) is 0 Å². The largest absolute Gasteiger partial charge is 0.298 e. The van der Waals surface area contributed by atoms with E-state index in [1.165, 1.54) is 4.57 Å². The van der Waals surface area contributed by atoms with E-state index >= 15 is 0 Å². The Kier molecular flexibility index (Phi) is 2.21.